The lowest BCUT2D eigenvalue weighted by Crippen LogP contribution is -2.40. The van der Waals surface area contributed by atoms with Gasteiger partial charge in [0.05, 0.1) is 10.9 Å². The molecule has 1 aromatic heterocycles. The highest BCUT2D eigenvalue weighted by Crippen LogP contribution is 2.44. The minimum Gasteiger partial charge on any atom is -0.461 e. The summed E-state index contributed by atoms with van der Waals surface area (Å²) in [6.07, 6.45) is 0.299. The summed E-state index contributed by atoms with van der Waals surface area (Å²) in [6, 6.07) is 16.9. The molecule has 1 N–H and O–H groups in total. The van der Waals surface area contributed by atoms with E-state index in [1.165, 1.54) is 0 Å². The highest BCUT2D eigenvalue weighted by molar-refractivity contribution is 5.85. The molecule has 1 aliphatic heterocycles. The molecule has 4 rings (SSSR count). The largest absolute Gasteiger partial charge is 0.461 e. The van der Waals surface area contributed by atoms with E-state index in [0.29, 0.717) is 28.7 Å². The van der Waals surface area contributed by atoms with Gasteiger partial charge in [-0.25, -0.2) is 4.79 Å². The van der Waals surface area contributed by atoms with Crippen molar-refractivity contribution < 1.29 is 14.3 Å². The van der Waals surface area contributed by atoms with Gasteiger partial charge < -0.3 is 14.3 Å². The lowest BCUT2D eigenvalue weighted by atomic mass is 9.83. The van der Waals surface area contributed by atoms with E-state index in [2.05, 4.69) is 0 Å². The molecule has 0 radical (unpaired) electrons. The number of benzene rings is 2. The molecule has 1 aliphatic rings. The smallest absolute Gasteiger partial charge is 0.343 e. The van der Waals surface area contributed by atoms with E-state index in [4.69, 9.17) is 9.15 Å². The molecule has 2 heterocycles. The first-order chi connectivity index (χ1) is 11.1. The van der Waals surface area contributed by atoms with E-state index in [1.807, 2.05) is 42.5 Å². The summed E-state index contributed by atoms with van der Waals surface area (Å²) in [7, 11) is 0. The van der Waals surface area contributed by atoms with Crippen LogP contribution in [-0.4, -0.2) is 10.9 Å². The Balaban J connectivity index is 2.04. The molecule has 116 valence electrons. The molecule has 0 bridgehead atoms. The Morgan fingerprint density at radius 1 is 1.09 bits per heavy atom. The van der Waals surface area contributed by atoms with E-state index < -0.39 is 11.4 Å². The van der Waals surface area contributed by atoms with Gasteiger partial charge in [-0.3, -0.25) is 0 Å². The minimum atomic E-state index is -1.34. The Hall–Kier alpha value is -2.59. The van der Waals surface area contributed by atoms with Crippen LogP contribution in [0.4, 0.5) is 0 Å². The topological polar surface area (TPSA) is 59.7 Å². The standard InChI is InChI=1S/C19H16O4/c1-19(21)11-14(12-7-3-2-4-8-12)16-17(23-19)13-9-5-6-10-15(13)22-18(16)20/h2-10,14,21H,11H2,1H3/t14-,19+/m0/s1. The molecule has 4 nitrogen and oxygen atoms in total. The van der Waals surface area contributed by atoms with Crippen LogP contribution < -0.4 is 10.4 Å². The quantitative estimate of drug-likeness (QED) is 0.700. The summed E-state index contributed by atoms with van der Waals surface area (Å²) in [5.74, 6) is -1.19. The monoisotopic (exact) mass is 308 g/mol. The second-order valence-electron chi connectivity index (χ2n) is 6.07. The zero-order chi connectivity index (χ0) is 16.0. The Morgan fingerprint density at radius 3 is 2.57 bits per heavy atom. The minimum absolute atomic E-state index is 0.268. The molecule has 3 aromatic rings. The Labute approximate surface area is 132 Å². The fourth-order valence-electron chi connectivity index (χ4n) is 3.26. The zero-order valence-electron chi connectivity index (χ0n) is 12.7. The van der Waals surface area contributed by atoms with Gasteiger partial charge in [-0.05, 0) is 17.7 Å². The van der Waals surface area contributed by atoms with Crippen LogP contribution in [0.2, 0.25) is 0 Å². The second kappa shape index (κ2) is 4.96. The van der Waals surface area contributed by atoms with Crippen molar-refractivity contribution in [2.75, 3.05) is 0 Å². The van der Waals surface area contributed by atoms with Crippen molar-refractivity contribution in [3.05, 3.63) is 76.1 Å². The van der Waals surface area contributed by atoms with Gasteiger partial charge >= 0.3 is 5.63 Å². The maximum Gasteiger partial charge on any atom is 0.343 e. The van der Waals surface area contributed by atoms with Crippen LogP contribution in [0.3, 0.4) is 0 Å². The van der Waals surface area contributed by atoms with Crippen LogP contribution in [0.5, 0.6) is 5.75 Å². The van der Waals surface area contributed by atoms with Gasteiger partial charge in [0, 0.05) is 19.3 Å². The van der Waals surface area contributed by atoms with Crippen LogP contribution in [0, 0.1) is 0 Å². The molecule has 0 amide bonds. The molecule has 4 heteroatoms. The zero-order valence-corrected chi connectivity index (χ0v) is 12.7. The van der Waals surface area contributed by atoms with Crippen molar-refractivity contribution in [3.63, 3.8) is 0 Å². The summed E-state index contributed by atoms with van der Waals surface area (Å²) < 4.78 is 11.2. The van der Waals surface area contributed by atoms with E-state index >= 15 is 0 Å². The van der Waals surface area contributed by atoms with Crippen LogP contribution in [-0.2, 0) is 0 Å². The van der Waals surface area contributed by atoms with Gasteiger partial charge in [0.15, 0.2) is 0 Å². The van der Waals surface area contributed by atoms with E-state index in [9.17, 15) is 9.90 Å². The number of hydrogen-bond acceptors (Lipinski definition) is 4. The summed E-state index contributed by atoms with van der Waals surface area (Å²) in [5, 5.41) is 11.2. The molecule has 0 saturated heterocycles. The maximum atomic E-state index is 12.5. The van der Waals surface area contributed by atoms with Crippen LogP contribution in [0.25, 0.3) is 11.0 Å². The van der Waals surface area contributed by atoms with Gasteiger partial charge in [0.1, 0.15) is 11.3 Å². The van der Waals surface area contributed by atoms with Gasteiger partial charge in [0.25, 0.3) is 0 Å². The molecule has 0 aliphatic carbocycles. The van der Waals surface area contributed by atoms with Crippen molar-refractivity contribution >= 4 is 11.0 Å². The van der Waals surface area contributed by atoms with E-state index in [0.717, 1.165) is 5.56 Å². The second-order valence-corrected chi connectivity index (χ2v) is 6.07. The van der Waals surface area contributed by atoms with Crippen molar-refractivity contribution in [1.82, 2.24) is 0 Å². The summed E-state index contributed by atoms with van der Waals surface area (Å²) in [5.41, 5.74) is 1.48. The highest BCUT2D eigenvalue weighted by atomic mass is 16.6. The van der Waals surface area contributed by atoms with Gasteiger partial charge in [-0.2, -0.15) is 0 Å². The van der Waals surface area contributed by atoms with Crippen molar-refractivity contribution in [2.24, 2.45) is 0 Å². The highest BCUT2D eigenvalue weighted by Gasteiger charge is 2.39. The Morgan fingerprint density at radius 2 is 1.78 bits per heavy atom. The Kier molecular flexibility index (Phi) is 3.03. The first kappa shape index (κ1) is 14.0. The third-order valence-electron chi connectivity index (χ3n) is 4.25. The lowest BCUT2D eigenvalue weighted by Gasteiger charge is -2.36. The number of fused-ring (bicyclic) bond motifs is 3. The fourth-order valence-corrected chi connectivity index (χ4v) is 3.26. The molecule has 0 fully saturated rings. The van der Waals surface area contributed by atoms with Crippen LogP contribution >= 0.6 is 0 Å². The average molecular weight is 308 g/mol. The summed E-state index contributed by atoms with van der Waals surface area (Å²) >= 11 is 0. The van der Waals surface area contributed by atoms with Gasteiger partial charge in [0.2, 0.25) is 5.79 Å². The molecular weight excluding hydrogens is 292 g/mol. The first-order valence-electron chi connectivity index (χ1n) is 7.57. The molecular formula is C19H16O4. The van der Waals surface area contributed by atoms with Crippen molar-refractivity contribution in [2.45, 2.75) is 25.0 Å². The number of aliphatic hydroxyl groups is 1. The molecule has 0 unspecified atom stereocenters. The van der Waals surface area contributed by atoms with Crippen molar-refractivity contribution in [1.29, 1.82) is 0 Å². The average Bonchev–Trinajstić information content (AvgIpc) is 2.54. The third kappa shape index (κ3) is 2.32. The fraction of sp³-hybridized carbons (Fsp3) is 0.211. The number of rotatable bonds is 1. The van der Waals surface area contributed by atoms with Crippen LogP contribution in [0.1, 0.15) is 30.4 Å². The number of para-hydroxylation sites is 1. The SMILES string of the molecule is C[C@]1(O)C[C@@H](c2ccccc2)c2c(c3ccccc3oc2=O)O1. The summed E-state index contributed by atoms with van der Waals surface area (Å²) in [6.45, 7) is 1.62. The molecule has 23 heavy (non-hydrogen) atoms. The third-order valence-corrected chi connectivity index (χ3v) is 4.25. The van der Waals surface area contributed by atoms with Crippen molar-refractivity contribution in [3.8, 4) is 5.75 Å². The van der Waals surface area contributed by atoms with E-state index in [1.54, 1.807) is 19.1 Å². The predicted molar refractivity (Wildman–Crippen MR) is 86.6 cm³/mol. The van der Waals surface area contributed by atoms with E-state index in [-0.39, 0.29) is 5.92 Å². The lowest BCUT2D eigenvalue weighted by molar-refractivity contribution is -0.136. The number of ether oxygens (including phenoxy) is 1. The molecule has 2 atom stereocenters. The molecule has 0 saturated carbocycles. The van der Waals surface area contributed by atoms with Crippen LogP contribution in [0.15, 0.2) is 63.8 Å². The summed E-state index contributed by atoms with van der Waals surface area (Å²) in [4.78, 5) is 12.5. The van der Waals surface area contributed by atoms with Gasteiger partial charge in [-0.1, -0.05) is 42.5 Å². The van der Waals surface area contributed by atoms with Gasteiger partial charge in [-0.15, -0.1) is 0 Å². The first-order valence-corrected chi connectivity index (χ1v) is 7.57. The molecule has 0 spiro atoms. The predicted octanol–water partition coefficient (Wildman–Crippen LogP) is 3.42. The number of hydrogen-bond donors (Lipinski definition) is 1. The molecule has 2 aromatic carbocycles. The Bertz CT molecular complexity index is 925. The normalized spacial score (nSPS) is 23.3. The maximum absolute atomic E-state index is 12.5.